The molecule has 38 heavy (non-hydrogen) atoms. The van der Waals surface area contributed by atoms with Crippen molar-refractivity contribution in [1.82, 2.24) is 34.1 Å². The first-order valence-corrected chi connectivity index (χ1v) is 13.5. The van der Waals surface area contributed by atoms with Gasteiger partial charge in [-0.15, -0.1) is 0 Å². The average molecular weight is 555 g/mol. The third-order valence-electron chi connectivity index (χ3n) is 6.18. The predicted molar refractivity (Wildman–Crippen MR) is 128 cm³/mol. The maximum absolute atomic E-state index is 13.1. The predicted octanol–water partition coefficient (Wildman–Crippen LogP) is -1.91. The second-order valence-electron chi connectivity index (χ2n) is 8.87. The molecule has 3 unspecified atom stereocenters. The Morgan fingerprint density at radius 3 is 2.58 bits per heavy atom. The number of aliphatic hydroxyl groups excluding tert-OH is 2. The second kappa shape index (κ2) is 10.1. The molecule has 2 fully saturated rings. The monoisotopic (exact) mass is 555 g/mol. The third kappa shape index (κ3) is 5.19. The van der Waals surface area contributed by atoms with Gasteiger partial charge in [0, 0.05) is 19.5 Å². The van der Waals surface area contributed by atoms with Crippen LogP contribution in [-0.2, 0) is 23.1 Å². The van der Waals surface area contributed by atoms with Crippen molar-refractivity contribution in [2.75, 3.05) is 31.3 Å². The van der Waals surface area contributed by atoms with E-state index in [9.17, 15) is 24.4 Å². The van der Waals surface area contributed by atoms with Gasteiger partial charge in [0.25, 0.3) is 5.56 Å². The van der Waals surface area contributed by atoms with Gasteiger partial charge in [-0.2, -0.15) is 9.97 Å². The standard InChI is InChI=1S/C19H26N9O9P/c1-38(33,37-9-3-13(35-10(9)4-29)28-7-23-17(20)26-19(28)32)34-5-11-8(30)2-12(36-11)27-6-22-14-15(27)24-18(21)25-16(14)31/h6-13,29-30H,2-5H2,1H3,(H2,20,26,32)(H3,21,24,25,31)/t8?,9?,10-,11-,12-,13-,38?/m1/s1. The van der Waals surface area contributed by atoms with Gasteiger partial charge in [0.2, 0.25) is 11.9 Å². The highest BCUT2D eigenvalue weighted by Gasteiger charge is 2.42. The molecule has 3 aromatic rings. The molecule has 0 aromatic carbocycles. The Balaban J connectivity index is 1.22. The lowest BCUT2D eigenvalue weighted by Crippen LogP contribution is -2.29. The molecule has 5 heterocycles. The summed E-state index contributed by atoms with van der Waals surface area (Å²) in [5.74, 6) is -0.295. The third-order valence-corrected chi connectivity index (χ3v) is 7.45. The van der Waals surface area contributed by atoms with Crippen LogP contribution in [0.4, 0.5) is 11.9 Å². The number of imidazole rings is 1. The first-order chi connectivity index (χ1) is 18.0. The van der Waals surface area contributed by atoms with Gasteiger partial charge in [-0.05, 0) is 0 Å². The summed E-state index contributed by atoms with van der Waals surface area (Å²) >= 11 is 0. The maximum Gasteiger partial charge on any atom is 0.354 e. The van der Waals surface area contributed by atoms with E-state index < -0.39 is 62.3 Å². The van der Waals surface area contributed by atoms with Gasteiger partial charge in [0.15, 0.2) is 11.2 Å². The van der Waals surface area contributed by atoms with Crippen molar-refractivity contribution in [2.24, 2.45) is 0 Å². The summed E-state index contributed by atoms with van der Waals surface area (Å²) in [6.07, 6.45) is -2.63. The molecule has 2 saturated heterocycles. The van der Waals surface area contributed by atoms with Gasteiger partial charge >= 0.3 is 13.3 Å². The summed E-state index contributed by atoms with van der Waals surface area (Å²) in [7, 11) is -3.76. The molecule has 0 aliphatic carbocycles. The number of aromatic nitrogens is 7. The van der Waals surface area contributed by atoms with Crippen LogP contribution in [0, 0.1) is 0 Å². The molecule has 0 bridgehead atoms. The molecule has 2 aliphatic rings. The van der Waals surface area contributed by atoms with Crippen LogP contribution < -0.4 is 22.7 Å². The minimum atomic E-state index is -3.76. The number of nitrogen functional groups attached to an aromatic ring is 2. The highest BCUT2D eigenvalue weighted by atomic mass is 31.2. The number of nitrogens with zero attached hydrogens (tertiary/aromatic N) is 6. The Bertz CT molecular complexity index is 1490. The number of hydrogen-bond acceptors (Lipinski definition) is 15. The van der Waals surface area contributed by atoms with Gasteiger partial charge < -0.3 is 40.2 Å². The highest BCUT2D eigenvalue weighted by Crippen LogP contribution is 2.49. The lowest BCUT2D eigenvalue weighted by molar-refractivity contribution is -0.0511. The molecule has 19 heteroatoms. The number of nitrogens with one attached hydrogen (secondary N) is 1. The fourth-order valence-corrected chi connectivity index (χ4v) is 5.57. The summed E-state index contributed by atoms with van der Waals surface area (Å²) < 4.78 is 38.3. The molecule has 0 spiro atoms. The highest BCUT2D eigenvalue weighted by molar-refractivity contribution is 7.53. The van der Waals surface area contributed by atoms with Crippen molar-refractivity contribution < 1.29 is 33.3 Å². The van der Waals surface area contributed by atoms with E-state index in [4.69, 9.17) is 30.0 Å². The number of H-pyrrole nitrogens is 1. The van der Waals surface area contributed by atoms with Crippen LogP contribution >= 0.6 is 7.60 Å². The van der Waals surface area contributed by atoms with E-state index in [1.807, 2.05) is 0 Å². The number of fused-ring (bicyclic) bond motifs is 1. The molecule has 18 nitrogen and oxygen atoms in total. The minimum Gasteiger partial charge on any atom is -0.394 e. The molecule has 2 aliphatic heterocycles. The van der Waals surface area contributed by atoms with Crippen LogP contribution in [-0.4, -0.2) is 88.6 Å². The van der Waals surface area contributed by atoms with Crippen molar-refractivity contribution >= 4 is 30.7 Å². The van der Waals surface area contributed by atoms with Crippen LogP contribution in [0.1, 0.15) is 25.3 Å². The lowest BCUT2D eigenvalue weighted by atomic mass is 10.2. The van der Waals surface area contributed by atoms with Gasteiger partial charge in [0.1, 0.15) is 31.0 Å². The van der Waals surface area contributed by atoms with Crippen molar-refractivity contribution in [3.8, 4) is 0 Å². The van der Waals surface area contributed by atoms with Crippen molar-refractivity contribution in [1.29, 1.82) is 0 Å². The number of aromatic amines is 1. The molecular weight excluding hydrogens is 529 g/mol. The fourth-order valence-electron chi connectivity index (χ4n) is 4.37. The van der Waals surface area contributed by atoms with Gasteiger partial charge in [0.05, 0.1) is 31.7 Å². The Kier molecular flexibility index (Phi) is 7.03. The number of hydrogen-bond donors (Lipinski definition) is 5. The number of anilines is 2. The molecule has 3 aromatic heterocycles. The summed E-state index contributed by atoms with van der Waals surface area (Å²) in [6.45, 7) is 0.465. The van der Waals surface area contributed by atoms with Crippen molar-refractivity contribution in [2.45, 2.75) is 49.7 Å². The van der Waals surface area contributed by atoms with Crippen LogP contribution in [0.3, 0.4) is 0 Å². The second-order valence-corrected chi connectivity index (χ2v) is 10.9. The molecule has 206 valence electrons. The number of rotatable bonds is 8. The van der Waals surface area contributed by atoms with Crippen LogP contribution in [0.2, 0.25) is 0 Å². The van der Waals surface area contributed by atoms with Gasteiger partial charge in [-0.3, -0.25) is 23.5 Å². The summed E-state index contributed by atoms with van der Waals surface area (Å²) in [6, 6.07) is 0. The zero-order valence-electron chi connectivity index (χ0n) is 20.0. The van der Waals surface area contributed by atoms with E-state index in [1.54, 1.807) is 0 Å². The minimum absolute atomic E-state index is 0.0488. The topological polar surface area (TPSA) is 258 Å². The normalized spacial score (nSPS) is 29.1. The van der Waals surface area contributed by atoms with Gasteiger partial charge in [-0.25, -0.2) is 14.8 Å². The lowest BCUT2D eigenvalue weighted by Gasteiger charge is -2.23. The number of nitrogens with two attached hydrogens (primary N) is 2. The molecule has 5 rings (SSSR count). The first-order valence-electron chi connectivity index (χ1n) is 11.5. The molecule has 0 saturated carbocycles. The molecule has 0 radical (unpaired) electrons. The van der Waals surface area contributed by atoms with Crippen LogP contribution in [0.15, 0.2) is 22.2 Å². The largest absolute Gasteiger partial charge is 0.394 e. The smallest absolute Gasteiger partial charge is 0.354 e. The fraction of sp³-hybridized carbons (Fsp3) is 0.579. The summed E-state index contributed by atoms with van der Waals surface area (Å²) in [4.78, 5) is 41.9. The number of aliphatic hydroxyl groups is 2. The Morgan fingerprint density at radius 2 is 1.84 bits per heavy atom. The SMILES string of the molecule is CP(=O)(OC[C@H]1O[C@@H](n2cnc3c(=O)[nH]c(N)nc32)CC1O)OC1C[C@H](n2cnc(N)nc2=O)O[C@@H]1CO. The zero-order valence-corrected chi connectivity index (χ0v) is 20.9. The molecule has 0 amide bonds. The van der Waals surface area contributed by atoms with Crippen LogP contribution in [0.5, 0.6) is 0 Å². The first kappa shape index (κ1) is 26.4. The van der Waals surface area contributed by atoms with Gasteiger partial charge in [-0.1, -0.05) is 0 Å². The quantitative estimate of drug-likeness (QED) is 0.190. The zero-order chi connectivity index (χ0) is 27.2. The van der Waals surface area contributed by atoms with E-state index in [1.165, 1.54) is 17.6 Å². The summed E-state index contributed by atoms with van der Waals surface area (Å²) in [5, 5.41) is 20.2. The Hall–Kier alpha value is -3.25. The average Bonchev–Trinajstić information content (AvgIpc) is 3.54. The van der Waals surface area contributed by atoms with E-state index in [0.717, 1.165) is 10.9 Å². The van der Waals surface area contributed by atoms with E-state index in [-0.39, 0.29) is 42.5 Å². The number of ether oxygens (including phenoxy) is 2. The summed E-state index contributed by atoms with van der Waals surface area (Å²) in [5.41, 5.74) is 10.1. The molecule has 7 atom stereocenters. The Morgan fingerprint density at radius 1 is 1.13 bits per heavy atom. The van der Waals surface area contributed by atoms with E-state index in [2.05, 4.69) is 24.9 Å². The Labute approximate surface area is 213 Å². The van der Waals surface area contributed by atoms with Crippen LogP contribution in [0.25, 0.3) is 11.2 Å². The van der Waals surface area contributed by atoms with E-state index >= 15 is 0 Å². The van der Waals surface area contributed by atoms with Crippen molar-refractivity contribution in [3.63, 3.8) is 0 Å². The van der Waals surface area contributed by atoms with Crippen molar-refractivity contribution in [3.05, 3.63) is 33.5 Å². The molecular formula is C19H26N9O9P. The van der Waals surface area contributed by atoms with E-state index in [0.29, 0.717) is 0 Å². The molecule has 7 N–H and O–H groups in total. The maximum atomic E-state index is 13.1.